The van der Waals surface area contributed by atoms with Gasteiger partial charge in [0.25, 0.3) is 0 Å². The SMILES string of the molecule is CCOOOOOOOOOOO. The molecule has 11 nitrogen and oxygen atoms in total. The zero-order valence-electron chi connectivity index (χ0n) is 6.24. The van der Waals surface area contributed by atoms with E-state index in [2.05, 4.69) is 50.2 Å². The summed E-state index contributed by atoms with van der Waals surface area (Å²) >= 11 is 0. The monoisotopic (exact) mass is 206 g/mol. The minimum Gasteiger partial charge on any atom is -0.219 e. The van der Waals surface area contributed by atoms with Gasteiger partial charge in [0.1, 0.15) is 0 Å². The summed E-state index contributed by atoms with van der Waals surface area (Å²) in [6.45, 7) is 1.86. The maximum Gasteiger partial charge on any atom is 0.0826 e. The lowest BCUT2D eigenvalue weighted by Crippen LogP contribution is -2.02. The van der Waals surface area contributed by atoms with Crippen LogP contribution in [-0.2, 0) is 50.2 Å². The Kier molecular flexibility index (Phi) is 11.2. The van der Waals surface area contributed by atoms with E-state index in [1.54, 1.807) is 6.92 Å². The lowest BCUT2D eigenvalue weighted by molar-refractivity contribution is -0.854. The Hall–Kier alpha value is -0.440. The molecule has 0 aromatic carbocycles. The molecule has 0 aliphatic carbocycles. The Labute approximate surface area is 70.3 Å². The van der Waals surface area contributed by atoms with Gasteiger partial charge in [-0.25, -0.2) is 10.1 Å². The Balaban J connectivity index is 2.76. The molecule has 0 spiro atoms. The van der Waals surface area contributed by atoms with Crippen LogP contribution in [0.15, 0.2) is 0 Å². The van der Waals surface area contributed by atoms with Crippen LogP contribution in [0, 0.1) is 0 Å². The summed E-state index contributed by atoms with van der Waals surface area (Å²) in [5.74, 6) is 0. The summed E-state index contributed by atoms with van der Waals surface area (Å²) < 4.78 is 0. The molecular formula is C2H6O11. The molecule has 80 valence electrons. The van der Waals surface area contributed by atoms with E-state index in [1.807, 2.05) is 0 Å². The maximum atomic E-state index is 7.45. The van der Waals surface area contributed by atoms with Gasteiger partial charge in [0, 0.05) is 0 Å². The van der Waals surface area contributed by atoms with Crippen molar-refractivity contribution in [1.29, 1.82) is 0 Å². The van der Waals surface area contributed by atoms with Crippen molar-refractivity contribution in [3.05, 3.63) is 0 Å². The van der Waals surface area contributed by atoms with Crippen molar-refractivity contribution in [3.8, 4) is 0 Å². The van der Waals surface area contributed by atoms with Crippen LogP contribution in [0.2, 0.25) is 0 Å². The second-order valence-electron chi connectivity index (χ2n) is 1.03. The third kappa shape index (κ3) is 11.6. The van der Waals surface area contributed by atoms with E-state index in [9.17, 15) is 0 Å². The van der Waals surface area contributed by atoms with Gasteiger partial charge in [-0.05, 0) is 52.3 Å². The number of hydrogen-bond donors (Lipinski definition) is 1. The van der Waals surface area contributed by atoms with Crippen molar-refractivity contribution < 1.29 is 55.5 Å². The minimum atomic E-state index is 0.228. The highest BCUT2D eigenvalue weighted by Crippen LogP contribution is 1.89. The first-order chi connectivity index (χ1) is 6.41. The van der Waals surface area contributed by atoms with Gasteiger partial charge in [0.15, 0.2) is 0 Å². The van der Waals surface area contributed by atoms with Crippen LogP contribution in [0.1, 0.15) is 6.92 Å². The predicted octanol–water partition coefficient (Wildman–Crippen LogP) is -0.120. The van der Waals surface area contributed by atoms with Crippen molar-refractivity contribution >= 4 is 0 Å². The quantitative estimate of drug-likeness (QED) is 0.293. The molecule has 0 unspecified atom stereocenters. The van der Waals surface area contributed by atoms with Gasteiger partial charge < -0.3 is 0 Å². The summed E-state index contributed by atoms with van der Waals surface area (Å²) in [5.41, 5.74) is 0. The summed E-state index contributed by atoms with van der Waals surface area (Å²) in [7, 11) is 0. The van der Waals surface area contributed by atoms with Crippen LogP contribution in [0.4, 0.5) is 0 Å². The number of rotatable bonds is 10. The van der Waals surface area contributed by atoms with Crippen molar-refractivity contribution in [3.63, 3.8) is 0 Å². The molecule has 0 aromatic rings. The molecule has 0 atom stereocenters. The summed E-state index contributed by atoms with van der Waals surface area (Å²) in [4.78, 5) is 4.15. The van der Waals surface area contributed by atoms with Crippen molar-refractivity contribution in [2.24, 2.45) is 0 Å². The highest BCUT2D eigenvalue weighted by atomic mass is 17.9. The lowest BCUT2D eigenvalue weighted by Gasteiger charge is -1.97. The van der Waals surface area contributed by atoms with E-state index in [1.165, 1.54) is 0 Å². The van der Waals surface area contributed by atoms with Gasteiger partial charge in [-0.1, -0.05) is 0 Å². The highest BCUT2D eigenvalue weighted by molar-refractivity contribution is 3.89. The topological polar surface area (TPSA) is 113 Å². The molecule has 11 heteroatoms. The average Bonchev–Trinajstić information content (AvgIpc) is 2.16. The Morgan fingerprint density at radius 2 is 1.23 bits per heavy atom. The van der Waals surface area contributed by atoms with E-state index in [-0.39, 0.29) is 6.61 Å². The van der Waals surface area contributed by atoms with Crippen LogP contribution in [-0.4, -0.2) is 11.9 Å². The van der Waals surface area contributed by atoms with Gasteiger partial charge in [-0.2, -0.15) is 0 Å². The molecule has 0 aliphatic heterocycles. The molecule has 0 saturated carbocycles. The molecular weight excluding hydrogens is 200 g/mol. The van der Waals surface area contributed by atoms with Crippen LogP contribution >= 0.6 is 0 Å². The first-order valence-electron chi connectivity index (χ1n) is 2.68. The second kappa shape index (κ2) is 11.6. The highest BCUT2D eigenvalue weighted by Gasteiger charge is 1.95. The van der Waals surface area contributed by atoms with Crippen molar-refractivity contribution in [2.75, 3.05) is 6.61 Å². The van der Waals surface area contributed by atoms with Gasteiger partial charge in [0.05, 0.1) is 6.61 Å². The van der Waals surface area contributed by atoms with Gasteiger partial charge in [-0.3, -0.25) is 0 Å². The summed E-state index contributed by atoms with van der Waals surface area (Å²) in [5, 5.41) is 38.5. The van der Waals surface area contributed by atoms with Crippen molar-refractivity contribution in [1.82, 2.24) is 0 Å². The van der Waals surface area contributed by atoms with Gasteiger partial charge in [-0.15, -0.1) is 0 Å². The Morgan fingerprint density at radius 1 is 0.769 bits per heavy atom. The molecule has 0 rings (SSSR count). The molecule has 0 aromatic heterocycles. The van der Waals surface area contributed by atoms with Crippen LogP contribution < -0.4 is 0 Å². The molecule has 13 heavy (non-hydrogen) atoms. The lowest BCUT2D eigenvalue weighted by atomic mass is 10.9. The second-order valence-corrected chi connectivity index (χ2v) is 1.03. The normalized spacial score (nSPS) is 10.6. The standard InChI is InChI=1S/C2H6O11/c1-2-4-6-8-10-12-13-11-9-7-5-3/h3H,2H2,1H3. The first kappa shape index (κ1) is 12.6. The summed E-state index contributed by atoms with van der Waals surface area (Å²) in [6, 6.07) is 0. The fraction of sp³-hybridized carbons (Fsp3) is 1.00. The largest absolute Gasteiger partial charge is 0.219 e. The Morgan fingerprint density at radius 3 is 1.69 bits per heavy atom. The smallest absolute Gasteiger partial charge is 0.0826 e. The average molecular weight is 206 g/mol. The predicted molar refractivity (Wildman–Crippen MR) is 24.0 cm³/mol. The third-order valence-electron chi connectivity index (χ3n) is 0.391. The van der Waals surface area contributed by atoms with E-state index in [0.29, 0.717) is 0 Å². The number of hydrogen-bond acceptors (Lipinski definition) is 11. The fourth-order valence-corrected chi connectivity index (χ4v) is 0.148. The van der Waals surface area contributed by atoms with E-state index >= 15 is 0 Å². The molecule has 1 N–H and O–H groups in total. The van der Waals surface area contributed by atoms with Gasteiger partial charge in [0.2, 0.25) is 0 Å². The van der Waals surface area contributed by atoms with E-state index in [0.717, 1.165) is 0 Å². The Bertz CT molecular complexity index is 74.2. The van der Waals surface area contributed by atoms with Crippen LogP contribution in [0.5, 0.6) is 0 Å². The zero-order chi connectivity index (χ0) is 9.78. The van der Waals surface area contributed by atoms with E-state index in [4.69, 9.17) is 5.26 Å². The summed E-state index contributed by atoms with van der Waals surface area (Å²) in [6.07, 6.45) is 0. The fourth-order valence-electron chi connectivity index (χ4n) is 0.148. The third-order valence-corrected chi connectivity index (χ3v) is 0.391. The van der Waals surface area contributed by atoms with Crippen LogP contribution in [0.25, 0.3) is 0 Å². The zero-order valence-corrected chi connectivity index (χ0v) is 6.24. The van der Waals surface area contributed by atoms with Gasteiger partial charge >= 0.3 is 0 Å². The molecule has 0 radical (unpaired) electrons. The van der Waals surface area contributed by atoms with Crippen LogP contribution in [0.3, 0.4) is 0 Å². The van der Waals surface area contributed by atoms with E-state index < -0.39 is 0 Å². The molecule has 0 heterocycles. The first-order valence-corrected chi connectivity index (χ1v) is 2.68. The molecule has 0 fully saturated rings. The van der Waals surface area contributed by atoms with Crippen molar-refractivity contribution in [2.45, 2.75) is 6.92 Å². The molecule has 0 saturated heterocycles. The molecule has 0 amide bonds. The minimum absolute atomic E-state index is 0.228. The molecule has 0 aliphatic rings. The molecule has 0 bridgehead atoms. The maximum absolute atomic E-state index is 7.45.